The Balaban J connectivity index is 2.52. The second-order valence-corrected chi connectivity index (χ2v) is 6.55. The molecule has 0 spiro atoms. The Hall–Kier alpha value is -0.750. The molecule has 1 atom stereocenters. The SMILES string of the molecule is COc1cc(Br)c(C(N)c2cc(Br)ccc2Cl)cc1OC. The van der Waals surface area contributed by atoms with Crippen LogP contribution in [-0.4, -0.2) is 14.2 Å². The zero-order chi connectivity index (χ0) is 15.6. The second kappa shape index (κ2) is 7.01. The van der Waals surface area contributed by atoms with Gasteiger partial charge in [-0.05, 0) is 41.5 Å². The fourth-order valence-corrected chi connectivity index (χ4v) is 3.21. The van der Waals surface area contributed by atoms with E-state index < -0.39 is 0 Å². The van der Waals surface area contributed by atoms with Gasteiger partial charge in [0.1, 0.15) is 0 Å². The third-order valence-electron chi connectivity index (χ3n) is 3.13. The summed E-state index contributed by atoms with van der Waals surface area (Å²) in [6.45, 7) is 0. The summed E-state index contributed by atoms with van der Waals surface area (Å²) in [7, 11) is 3.18. The monoisotopic (exact) mass is 433 g/mol. The van der Waals surface area contributed by atoms with E-state index in [2.05, 4.69) is 31.9 Å². The van der Waals surface area contributed by atoms with Crippen LogP contribution in [0.25, 0.3) is 0 Å². The highest BCUT2D eigenvalue weighted by Crippen LogP contribution is 2.38. The topological polar surface area (TPSA) is 44.5 Å². The van der Waals surface area contributed by atoms with E-state index in [0.29, 0.717) is 16.5 Å². The second-order valence-electron chi connectivity index (χ2n) is 4.37. The van der Waals surface area contributed by atoms with Crippen LogP contribution in [0.3, 0.4) is 0 Å². The highest BCUT2D eigenvalue weighted by atomic mass is 79.9. The van der Waals surface area contributed by atoms with E-state index in [9.17, 15) is 0 Å². The molecule has 0 saturated heterocycles. The van der Waals surface area contributed by atoms with Crippen LogP contribution in [0.5, 0.6) is 11.5 Å². The van der Waals surface area contributed by atoms with Gasteiger partial charge in [-0.25, -0.2) is 0 Å². The van der Waals surface area contributed by atoms with Gasteiger partial charge >= 0.3 is 0 Å². The van der Waals surface area contributed by atoms with Gasteiger partial charge in [0.2, 0.25) is 0 Å². The average Bonchev–Trinajstić information content (AvgIpc) is 2.48. The maximum absolute atomic E-state index is 6.37. The zero-order valence-electron chi connectivity index (χ0n) is 11.5. The molecule has 0 amide bonds. The minimum Gasteiger partial charge on any atom is -0.493 e. The predicted octanol–water partition coefficient (Wildman–Crippen LogP) is 4.93. The van der Waals surface area contributed by atoms with Gasteiger partial charge in [-0.15, -0.1) is 0 Å². The van der Waals surface area contributed by atoms with Crippen molar-refractivity contribution in [1.29, 1.82) is 0 Å². The number of rotatable bonds is 4. The van der Waals surface area contributed by atoms with Gasteiger partial charge in [-0.2, -0.15) is 0 Å². The van der Waals surface area contributed by atoms with Crippen LogP contribution in [0.15, 0.2) is 39.3 Å². The van der Waals surface area contributed by atoms with E-state index in [0.717, 1.165) is 20.1 Å². The highest BCUT2D eigenvalue weighted by molar-refractivity contribution is 9.10. The molecule has 21 heavy (non-hydrogen) atoms. The first-order valence-corrected chi connectivity index (χ1v) is 8.06. The first kappa shape index (κ1) is 16.6. The molecular weight excluding hydrogens is 421 g/mol. The number of nitrogens with two attached hydrogens (primary N) is 1. The molecule has 0 bridgehead atoms. The Morgan fingerprint density at radius 1 is 1.00 bits per heavy atom. The van der Waals surface area contributed by atoms with Gasteiger partial charge in [0.05, 0.1) is 20.3 Å². The fraction of sp³-hybridized carbons (Fsp3) is 0.200. The molecule has 0 fully saturated rings. The normalized spacial score (nSPS) is 12.1. The van der Waals surface area contributed by atoms with Gasteiger partial charge in [0, 0.05) is 14.0 Å². The van der Waals surface area contributed by atoms with Crippen molar-refractivity contribution >= 4 is 43.5 Å². The van der Waals surface area contributed by atoms with Crippen LogP contribution in [0, 0.1) is 0 Å². The Labute approximate surface area is 145 Å². The summed E-state index contributed by atoms with van der Waals surface area (Å²) in [6.07, 6.45) is 0. The third kappa shape index (κ3) is 3.54. The van der Waals surface area contributed by atoms with E-state index in [-0.39, 0.29) is 6.04 Å². The van der Waals surface area contributed by atoms with Gasteiger partial charge in [-0.1, -0.05) is 43.5 Å². The third-order valence-corrected chi connectivity index (χ3v) is 4.66. The highest BCUT2D eigenvalue weighted by Gasteiger charge is 2.19. The molecule has 6 heteroatoms. The number of hydrogen-bond acceptors (Lipinski definition) is 3. The van der Waals surface area contributed by atoms with Crippen molar-refractivity contribution in [2.75, 3.05) is 14.2 Å². The first-order chi connectivity index (χ1) is 9.97. The van der Waals surface area contributed by atoms with Crippen LogP contribution < -0.4 is 15.2 Å². The summed E-state index contributed by atoms with van der Waals surface area (Å²) in [5.41, 5.74) is 8.07. The van der Waals surface area contributed by atoms with Crippen LogP contribution in [0.2, 0.25) is 5.02 Å². The molecule has 0 aliphatic heterocycles. The molecule has 1 unspecified atom stereocenters. The number of benzene rings is 2. The average molecular weight is 436 g/mol. The molecule has 2 N–H and O–H groups in total. The van der Waals surface area contributed by atoms with Crippen molar-refractivity contribution in [3.05, 3.63) is 55.4 Å². The van der Waals surface area contributed by atoms with E-state index in [1.807, 2.05) is 30.3 Å². The Kier molecular flexibility index (Phi) is 5.54. The van der Waals surface area contributed by atoms with Crippen molar-refractivity contribution in [3.8, 4) is 11.5 Å². The van der Waals surface area contributed by atoms with E-state index >= 15 is 0 Å². The maximum Gasteiger partial charge on any atom is 0.161 e. The molecule has 2 aromatic carbocycles. The number of hydrogen-bond donors (Lipinski definition) is 1. The van der Waals surface area contributed by atoms with Crippen molar-refractivity contribution in [3.63, 3.8) is 0 Å². The smallest absolute Gasteiger partial charge is 0.161 e. The summed E-state index contributed by atoms with van der Waals surface area (Å²) in [5.74, 6) is 1.26. The lowest BCUT2D eigenvalue weighted by atomic mass is 9.99. The van der Waals surface area contributed by atoms with E-state index in [1.165, 1.54) is 0 Å². The van der Waals surface area contributed by atoms with Crippen LogP contribution in [0.1, 0.15) is 17.2 Å². The van der Waals surface area contributed by atoms with Crippen LogP contribution in [0.4, 0.5) is 0 Å². The molecule has 2 rings (SSSR count). The summed E-state index contributed by atoms with van der Waals surface area (Å²) in [4.78, 5) is 0. The molecule has 112 valence electrons. The van der Waals surface area contributed by atoms with Crippen molar-refractivity contribution in [1.82, 2.24) is 0 Å². The van der Waals surface area contributed by atoms with Crippen LogP contribution in [-0.2, 0) is 0 Å². The lowest BCUT2D eigenvalue weighted by Crippen LogP contribution is -2.13. The van der Waals surface area contributed by atoms with Crippen molar-refractivity contribution in [2.45, 2.75) is 6.04 Å². The Morgan fingerprint density at radius 3 is 2.24 bits per heavy atom. The fourth-order valence-electron chi connectivity index (χ4n) is 2.03. The van der Waals surface area contributed by atoms with Crippen molar-refractivity contribution < 1.29 is 9.47 Å². The van der Waals surface area contributed by atoms with Crippen LogP contribution >= 0.6 is 43.5 Å². The maximum atomic E-state index is 6.37. The lowest BCUT2D eigenvalue weighted by molar-refractivity contribution is 0.354. The molecule has 0 aromatic heterocycles. The molecule has 0 heterocycles. The summed E-state index contributed by atoms with van der Waals surface area (Å²) in [6, 6.07) is 8.91. The first-order valence-electron chi connectivity index (χ1n) is 6.10. The molecule has 0 radical (unpaired) electrons. The Bertz CT molecular complexity index is 664. The molecule has 0 saturated carbocycles. The lowest BCUT2D eigenvalue weighted by Gasteiger charge is -2.18. The summed E-state index contributed by atoms with van der Waals surface area (Å²) >= 11 is 13.2. The van der Waals surface area contributed by atoms with Gasteiger partial charge in [0.25, 0.3) is 0 Å². The van der Waals surface area contributed by atoms with Gasteiger partial charge in [-0.3, -0.25) is 0 Å². The molecule has 2 aromatic rings. The van der Waals surface area contributed by atoms with Gasteiger partial charge in [0.15, 0.2) is 11.5 Å². The Morgan fingerprint density at radius 2 is 1.62 bits per heavy atom. The number of halogens is 3. The minimum atomic E-state index is -0.385. The summed E-state index contributed by atoms with van der Waals surface area (Å²) < 4.78 is 12.4. The molecule has 0 aliphatic carbocycles. The van der Waals surface area contributed by atoms with E-state index in [1.54, 1.807) is 14.2 Å². The quantitative estimate of drug-likeness (QED) is 0.741. The van der Waals surface area contributed by atoms with E-state index in [4.69, 9.17) is 26.8 Å². The minimum absolute atomic E-state index is 0.385. The molecule has 3 nitrogen and oxygen atoms in total. The van der Waals surface area contributed by atoms with Crippen molar-refractivity contribution in [2.24, 2.45) is 5.73 Å². The predicted molar refractivity (Wildman–Crippen MR) is 92.4 cm³/mol. The largest absolute Gasteiger partial charge is 0.493 e. The zero-order valence-corrected chi connectivity index (χ0v) is 15.4. The molecule has 0 aliphatic rings. The van der Waals surface area contributed by atoms with Gasteiger partial charge < -0.3 is 15.2 Å². The molecular formula is C15H14Br2ClNO2. The standard InChI is InChI=1S/C15H14Br2ClNO2/c1-20-13-6-9(11(17)7-14(13)21-2)15(19)10-5-8(16)3-4-12(10)18/h3-7,15H,19H2,1-2H3. The number of methoxy groups -OCH3 is 2. The number of ether oxygens (including phenoxy) is 2. The summed E-state index contributed by atoms with van der Waals surface area (Å²) in [5, 5.41) is 0.618.